The number of hydrogen-bond acceptors (Lipinski definition) is 4. The van der Waals surface area contributed by atoms with E-state index in [4.69, 9.17) is 18.9 Å². The van der Waals surface area contributed by atoms with Crippen LogP contribution in [0.5, 0.6) is 0 Å². The Morgan fingerprint density at radius 2 is 1.50 bits per heavy atom. The van der Waals surface area contributed by atoms with E-state index in [0.29, 0.717) is 26.4 Å². The largest absolute Gasteiger partial charge is 0.382 e. The van der Waals surface area contributed by atoms with Crippen LogP contribution in [0, 0.1) is 0 Å². The zero-order valence-electron chi connectivity index (χ0n) is 10.5. The third-order valence-electron chi connectivity index (χ3n) is 2.15. The van der Waals surface area contributed by atoms with Gasteiger partial charge in [-0.1, -0.05) is 15.9 Å². The van der Waals surface area contributed by atoms with Crippen molar-refractivity contribution < 1.29 is 18.9 Å². The predicted molar refractivity (Wildman–Crippen MR) is 71.4 cm³/mol. The molecule has 16 heavy (non-hydrogen) atoms. The number of hydrogen-bond donors (Lipinski definition) is 0. The fourth-order valence-electron chi connectivity index (χ4n) is 1.26. The van der Waals surface area contributed by atoms with Crippen LogP contribution in [0.3, 0.4) is 0 Å². The van der Waals surface area contributed by atoms with E-state index in [1.807, 2.05) is 0 Å². The lowest BCUT2D eigenvalue weighted by atomic mass is 10.3. The summed E-state index contributed by atoms with van der Waals surface area (Å²) >= 11 is 3.42. The van der Waals surface area contributed by atoms with Crippen LogP contribution in [0.4, 0.5) is 0 Å². The van der Waals surface area contributed by atoms with Crippen molar-refractivity contribution in [3.63, 3.8) is 0 Å². The molecule has 0 unspecified atom stereocenters. The molecule has 0 fully saturated rings. The molecule has 0 saturated carbocycles. The summed E-state index contributed by atoms with van der Waals surface area (Å²) in [5.41, 5.74) is -0.398. The first-order valence-electron chi connectivity index (χ1n) is 5.50. The molecule has 0 saturated heterocycles. The van der Waals surface area contributed by atoms with Gasteiger partial charge in [-0.3, -0.25) is 0 Å². The summed E-state index contributed by atoms with van der Waals surface area (Å²) in [6.07, 6.45) is 1.96. The van der Waals surface area contributed by atoms with Crippen LogP contribution >= 0.6 is 15.9 Å². The third kappa shape index (κ3) is 8.66. The highest BCUT2D eigenvalue weighted by Crippen LogP contribution is 2.16. The van der Waals surface area contributed by atoms with Crippen LogP contribution in [0.2, 0.25) is 0 Å². The lowest BCUT2D eigenvalue weighted by molar-refractivity contribution is -0.192. The van der Waals surface area contributed by atoms with Crippen molar-refractivity contribution in [1.82, 2.24) is 0 Å². The second kappa shape index (κ2) is 10.7. The van der Waals surface area contributed by atoms with E-state index in [-0.39, 0.29) is 0 Å². The number of alkyl halides is 1. The van der Waals surface area contributed by atoms with Crippen molar-refractivity contribution in [2.75, 3.05) is 46.0 Å². The maximum Gasteiger partial charge on any atom is 0.141 e. The standard InChI is InChI=1S/C10H23BrO4Si/c1-12-6-8-14-10(16,4-3-5-11)15-9-7-13-2/h3-9H2,1-2,16H3. The van der Waals surface area contributed by atoms with Crippen LogP contribution < -0.4 is 0 Å². The van der Waals surface area contributed by atoms with Gasteiger partial charge >= 0.3 is 0 Å². The van der Waals surface area contributed by atoms with Crippen LogP contribution in [0.25, 0.3) is 0 Å². The Balaban J connectivity index is 3.91. The minimum Gasteiger partial charge on any atom is -0.382 e. The highest BCUT2D eigenvalue weighted by molar-refractivity contribution is 9.09. The van der Waals surface area contributed by atoms with E-state index in [9.17, 15) is 0 Å². The van der Waals surface area contributed by atoms with Gasteiger partial charge in [-0.15, -0.1) is 0 Å². The van der Waals surface area contributed by atoms with Gasteiger partial charge in [-0.2, -0.15) is 0 Å². The summed E-state index contributed by atoms with van der Waals surface area (Å²) in [5.74, 6) is 0. The first kappa shape index (κ1) is 16.5. The van der Waals surface area contributed by atoms with Crippen LogP contribution in [-0.4, -0.2) is 61.6 Å². The maximum absolute atomic E-state index is 5.76. The fraction of sp³-hybridized carbons (Fsp3) is 1.00. The predicted octanol–water partition coefficient (Wildman–Crippen LogP) is 0.507. The van der Waals surface area contributed by atoms with Crippen molar-refractivity contribution in [2.24, 2.45) is 0 Å². The van der Waals surface area contributed by atoms with E-state index in [1.54, 1.807) is 14.2 Å². The van der Waals surface area contributed by atoms with Gasteiger partial charge in [0, 0.05) is 19.5 Å². The average molecular weight is 315 g/mol. The first-order valence-corrected chi connectivity index (χ1v) is 7.62. The second-order valence-corrected chi connectivity index (χ2v) is 5.93. The molecule has 0 amide bonds. The van der Waals surface area contributed by atoms with Gasteiger partial charge in [0.05, 0.1) is 36.7 Å². The summed E-state index contributed by atoms with van der Waals surface area (Å²) in [4.78, 5) is 0. The molecule has 0 spiro atoms. The van der Waals surface area contributed by atoms with Crippen molar-refractivity contribution in [3.8, 4) is 0 Å². The Morgan fingerprint density at radius 1 is 1.00 bits per heavy atom. The minimum atomic E-state index is -0.398. The molecule has 0 bridgehead atoms. The van der Waals surface area contributed by atoms with E-state index in [2.05, 4.69) is 15.9 Å². The lowest BCUT2D eigenvalue weighted by Gasteiger charge is -2.30. The summed E-state index contributed by atoms with van der Waals surface area (Å²) in [6, 6.07) is 0. The molecule has 0 radical (unpaired) electrons. The Morgan fingerprint density at radius 3 is 1.88 bits per heavy atom. The maximum atomic E-state index is 5.76. The number of rotatable bonds is 11. The molecule has 0 aliphatic carbocycles. The van der Waals surface area contributed by atoms with Crippen molar-refractivity contribution >= 4 is 26.2 Å². The van der Waals surface area contributed by atoms with Crippen LogP contribution in [-0.2, 0) is 18.9 Å². The molecule has 0 aliphatic rings. The molecule has 0 aromatic rings. The molecule has 0 atom stereocenters. The summed E-state index contributed by atoms with van der Waals surface area (Å²) < 4.78 is 21.5. The van der Waals surface area contributed by atoms with E-state index in [0.717, 1.165) is 28.4 Å². The zero-order chi connectivity index (χ0) is 12.3. The average Bonchev–Trinajstić information content (AvgIpc) is 2.27. The SMILES string of the molecule is COCCOC([SiH3])(CCCBr)OCCOC. The number of halogens is 1. The Kier molecular flexibility index (Phi) is 11.0. The van der Waals surface area contributed by atoms with Gasteiger partial charge in [-0.05, 0) is 12.8 Å². The highest BCUT2D eigenvalue weighted by Gasteiger charge is 2.24. The fourth-order valence-corrected chi connectivity index (χ4v) is 2.30. The van der Waals surface area contributed by atoms with Crippen LogP contribution in [0.1, 0.15) is 12.8 Å². The summed E-state index contributed by atoms with van der Waals surface area (Å²) in [5, 5.41) is 0.971. The molecule has 6 heteroatoms. The Hall–Kier alpha value is 0.537. The molecule has 0 N–H and O–H groups in total. The van der Waals surface area contributed by atoms with E-state index >= 15 is 0 Å². The van der Waals surface area contributed by atoms with Gasteiger partial charge in [0.15, 0.2) is 0 Å². The molecular weight excluding hydrogens is 292 g/mol. The molecule has 0 aromatic carbocycles. The molecule has 0 aliphatic heterocycles. The molecule has 98 valence electrons. The smallest absolute Gasteiger partial charge is 0.141 e. The van der Waals surface area contributed by atoms with Crippen molar-refractivity contribution in [3.05, 3.63) is 0 Å². The highest BCUT2D eigenvalue weighted by atomic mass is 79.9. The van der Waals surface area contributed by atoms with E-state index < -0.39 is 5.41 Å². The summed E-state index contributed by atoms with van der Waals surface area (Å²) in [6.45, 7) is 2.36. The van der Waals surface area contributed by atoms with Crippen molar-refractivity contribution in [1.29, 1.82) is 0 Å². The molecule has 4 nitrogen and oxygen atoms in total. The number of ether oxygens (including phenoxy) is 4. The number of methoxy groups -OCH3 is 2. The van der Waals surface area contributed by atoms with Gasteiger partial charge in [0.2, 0.25) is 0 Å². The van der Waals surface area contributed by atoms with E-state index in [1.165, 1.54) is 0 Å². The summed E-state index contributed by atoms with van der Waals surface area (Å²) in [7, 11) is 4.18. The molecular formula is C10H23BrO4Si. The zero-order valence-corrected chi connectivity index (χ0v) is 14.0. The molecule has 0 heterocycles. The molecule has 0 rings (SSSR count). The monoisotopic (exact) mass is 314 g/mol. The van der Waals surface area contributed by atoms with Gasteiger partial charge in [0.25, 0.3) is 0 Å². The third-order valence-corrected chi connectivity index (χ3v) is 3.79. The van der Waals surface area contributed by atoms with Crippen molar-refractivity contribution in [2.45, 2.75) is 18.3 Å². The quantitative estimate of drug-likeness (QED) is 0.241. The Labute approximate surface area is 110 Å². The Bertz CT molecular complexity index is 150. The topological polar surface area (TPSA) is 36.9 Å². The van der Waals surface area contributed by atoms with Gasteiger partial charge < -0.3 is 18.9 Å². The molecule has 0 aromatic heterocycles. The van der Waals surface area contributed by atoms with Gasteiger partial charge in [0.1, 0.15) is 5.41 Å². The second-order valence-electron chi connectivity index (χ2n) is 3.61. The minimum absolute atomic E-state index is 0.398. The normalized spacial score (nSPS) is 12.2. The first-order chi connectivity index (χ1) is 7.68. The van der Waals surface area contributed by atoms with Crippen LogP contribution in [0.15, 0.2) is 0 Å². The van der Waals surface area contributed by atoms with Gasteiger partial charge in [-0.25, -0.2) is 0 Å². The lowest BCUT2D eigenvalue weighted by Crippen LogP contribution is -2.38.